The average molecular weight is 394 g/mol. The summed E-state index contributed by atoms with van der Waals surface area (Å²) in [5, 5.41) is 5.72. The molecule has 8 nitrogen and oxygen atoms in total. The summed E-state index contributed by atoms with van der Waals surface area (Å²) >= 11 is 0. The van der Waals surface area contributed by atoms with Crippen LogP contribution in [0.5, 0.6) is 0 Å². The second-order valence-electron chi connectivity index (χ2n) is 6.17. The van der Waals surface area contributed by atoms with Crippen molar-refractivity contribution >= 4 is 34.4 Å². The van der Waals surface area contributed by atoms with E-state index in [1.165, 1.54) is 13.2 Å². The predicted octanol–water partition coefficient (Wildman–Crippen LogP) is 1.88. The lowest BCUT2D eigenvalue weighted by Gasteiger charge is -2.07. The molecule has 1 heterocycles. The van der Waals surface area contributed by atoms with E-state index in [0.717, 1.165) is 0 Å². The van der Waals surface area contributed by atoms with Crippen LogP contribution < -0.4 is 16.3 Å². The van der Waals surface area contributed by atoms with Gasteiger partial charge >= 0.3 is 11.6 Å². The zero-order valence-corrected chi connectivity index (χ0v) is 15.6. The number of rotatable bonds is 6. The number of esters is 1. The van der Waals surface area contributed by atoms with Gasteiger partial charge in [0.25, 0.3) is 5.91 Å². The molecule has 2 amide bonds. The van der Waals surface area contributed by atoms with Crippen molar-refractivity contribution < 1.29 is 23.5 Å². The molecule has 0 aliphatic rings. The van der Waals surface area contributed by atoms with Crippen LogP contribution in [0.4, 0.5) is 5.69 Å². The smallest absolute Gasteiger partial charge is 0.349 e. The Kier molecular flexibility index (Phi) is 6.03. The number of carbonyl (C=O) groups excluding carboxylic acids is 3. The largest absolute Gasteiger partial charge is 0.468 e. The quantitative estimate of drug-likeness (QED) is 0.487. The van der Waals surface area contributed by atoms with Crippen molar-refractivity contribution in [3.63, 3.8) is 0 Å². The molecule has 0 bridgehead atoms. The van der Waals surface area contributed by atoms with Crippen LogP contribution in [0.15, 0.2) is 63.8 Å². The van der Waals surface area contributed by atoms with Crippen LogP contribution in [-0.4, -0.2) is 31.4 Å². The Balaban J connectivity index is 1.64. The maximum atomic E-state index is 12.4. The number of hydrogen-bond donors (Lipinski definition) is 2. The lowest BCUT2D eigenvalue weighted by molar-refractivity contribution is -0.141. The van der Waals surface area contributed by atoms with Crippen molar-refractivity contribution in [2.45, 2.75) is 6.42 Å². The fourth-order valence-corrected chi connectivity index (χ4v) is 2.62. The van der Waals surface area contributed by atoms with Crippen LogP contribution in [0, 0.1) is 0 Å². The van der Waals surface area contributed by atoms with E-state index in [1.807, 2.05) is 0 Å². The molecular formula is C21H18N2O6. The minimum Gasteiger partial charge on any atom is -0.468 e. The fourth-order valence-electron chi connectivity index (χ4n) is 2.62. The standard InChI is InChI=1S/C21H18N2O6/c1-28-19(25)12-22-18(24)10-13-6-8-15(9-7-13)23-20(26)16-11-14-4-2-3-5-17(14)29-21(16)27/h2-9,11H,10,12H2,1H3,(H,22,24)(H,23,26). The van der Waals surface area contributed by atoms with Gasteiger partial charge in [0.15, 0.2) is 0 Å². The van der Waals surface area contributed by atoms with Gasteiger partial charge in [0.05, 0.1) is 13.5 Å². The molecule has 1 aromatic heterocycles. The molecule has 2 N–H and O–H groups in total. The first-order chi connectivity index (χ1) is 14.0. The summed E-state index contributed by atoms with van der Waals surface area (Å²) in [7, 11) is 1.24. The number of carbonyl (C=O) groups is 3. The Morgan fingerprint density at radius 3 is 2.48 bits per heavy atom. The van der Waals surface area contributed by atoms with E-state index < -0.39 is 17.5 Å². The molecule has 8 heteroatoms. The monoisotopic (exact) mass is 394 g/mol. The summed E-state index contributed by atoms with van der Waals surface area (Å²) < 4.78 is 9.62. The van der Waals surface area contributed by atoms with Gasteiger partial charge in [-0.1, -0.05) is 30.3 Å². The molecule has 0 aliphatic heterocycles. The molecule has 0 spiro atoms. The van der Waals surface area contributed by atoms with E-state index in [-0.39, 0.29) is 24.4 Å². The van der Waals surface area contributed by atoms with Crippen molar-refractivity contribution in [2.75, 3.05) is 19.0 Å². The molecular weight excluding hydrogens is 376 g/mol. The van der Waals surface area contributed by atoms with E-state index in [2.05, 4.69) is 15.4 Å². The third-order valence-electron chi connectivity index (χ3n) is 4.12. The molecule has 2 aromatic carbocycles. The van der Waals surface area contributed by atoms with Crippen molar-refractivity contribution in [3.8, 4) is 0 Å². The SMILES string of the molecule is COC(=O)CNC(=O)Cc1ccc(NC(=O)c2cc3ccccc3oc2=O)cc1. The Morgan fingerprint density at radius 2 is 1.76 bits per heavy atom. The van der Waals surface area contributed by atoms with Crippen LogP contribution in [0.25, 0.3) is 11.0 Å². The number of amides is 2. The van der Waals surface area contributed by atoms with Crippen molar-refractivity contribution in [2.24, 2.45) is 0 Å². The highest BCUT2D eigenvalue weighted by Gasteiger charge is 2.14. The predicted molar refractivity (Wildman–Crippen MR) is 106 cm³/mol. The van der Waals surface area contributed by atoms with Gasteiger partial charge in [-0.05, 0) is 29.8 Å². The van der Waals surface area contributed by atoms with Gasteiger partial charge in [-0.15, -0.1) is 0 Å². The number of nitrogens with one attached hydrogen (secondary N) is 2. The summed E-state index contributed by atoms with van der Waals surface area (Å²) in [6.45, 7) is -0.197. The normalized spacial score (nSPS) is 10.4. The molecule has 0 saturated carbocycles. The summed E-state index contributed by atoms with van der Waals surface area (Å²) in [6.07, 6.45) is 0.0689. The highest BCUT2D eigenvalue weighted by Crippen LogP contribution is 2.15. The fraction of sp³-hybridized carbons (Fsp3) is 0.143. The van der Waals surface area contributed by atoms with Gasteiger partial charge in [0.1, 0.15) is 17.7 Å². The first kappa shape index (κ1) is 19.8. The summed E-state index contributed by atoms with van der Waals surface area (Å²) in [5.41, 5.74) is 0.732. The van der Waals surface area contributed by atoms with E-state index in [9.17, 15) is 19.2 Å². The maximum Gasteiger partial charge on any atom is 0.349 e. The minimum atomic E-state index is -0.722. The van der Waals surface area contributed by atoms with Crippen LogP contribution in [0.2, 0.25) is 0 Å². The van der Waals surface area contributed by atoms with Crippen LogP contribution in [0.3, 0.4) is 0 Å². The molecule has 0 atom stereocenters. The maximum absolute atomic E-state index is 12.4. The number of fused-ring (bicyclic) bond motifs is 1. The van der Waals surface area contributed by atoms with Crippen LogP contribution in [-0.2, 0) is 20.7 Å². The van der Waals surface area contributed by atoms with Gasteiger partial charge in [0.2, 0.25) is 5.91 Å². The minimum absolute atomic E-state index is 0.0689. The number of ether oxygens (including phenoxy) is 1. The molecule has 3 aromatic rings. The number of benzene rings is 2. The van der Waals surface area contributed by atoms with E-state index in [4.69, 9.17) is 4.42 Å². The Morgan fingerprint density at radius 1 is 1.03 bits per heavy atom. The molecule has 0 aliphatic carbocycles. The Hall–Kier alpha value is -3.94. The number of hydrogen-bond acceptors (Lipinski definition) is 6. The molecule has 3 rings (SSSR count). The topological polar surface area (TPSA) is 115 Å². The number of anilines is 1. The third kappa shape index (κ3) is 5.07. The van der Waals surface area contributed by atoms with E-state index in [1.54, 1.807) is 48.5 Å². The van der Waals surface area contributed by atoms with Crippen molar-refractivity contribution in [1.82, 2.24) is 5.32 Å². The van der Waals surface area contributed by atoms with E-state index >= 15 is 0 Å². The molecule has 148 valence electrons. The van der Waals surface area contributed by atoms with Gasteiger partial charge in [0, 0.05) is 11.1 Å². The molecule has 0 radical (unpaired) electrons. The zero-order chi connectivity index (χ0) is 20.8. The summed E-state index contributed by atoms with van der Waals surface area (Å²) in [6, 6.07) is 15.0. The molecule has 0 unspecified atom stereocenters. The number of para-hydroxylation sites is 1. The highest BCUT2D eigenvalue weighted by atomic mass is 16.5. The van der Waals surface area contributed by atoms with E-state index in [0.29, 0.717) is 22.2 Å². The van der Waals surface area contributed by atoms with Gasteiger partial charge in [-0.3, -0.25) is 14.4 Å². The van der Waals surface area contributed by atoms with Crippen LogP contribution in [0.1, 0.15) is 15.9 Å². The number of methoxy groups -OCH3 is 1. The second kappa shape index (κ2) is 8.83. The summed E-state index contributed by atoms with van der Waals surface area (Å²) in [5.74, 6) is -1.45. The van der Waals surface area contributed by atoms with Crippen LogP contribution >= 0.6 is 0 Å². The Labute approximate surface area is 165 Å². The first-order valence-corrected chi connectivity index (χ1v) is 8.73. The Bertz CT molecular complexity index is 1120. The third-order valence-corrected chi connectivity index (χ3v) is 4.12. The van der Waals surface area contributed by atoms with Crippen molar-refractivity contribution in [3.05, 3.63) is 76.1 Å². The highest BCUT2D eigenvalue weighted by molar-refractivity contribution is 6.05. The zero-order valence-electron chi connectivity index (χ0n) is 15.6. The average Bonchev–Trinajstić information content (AvgIpc) is 2.72. The lowest BCUT2D eigenvalue weighted by atomic mass is 10.1. The van der Waals surface area contributed by atoms with Gasteiger partial charge in [-0.2, -0.15) is 0 Å². The molecule has 29 heavy (non-hydrogen) atoms. The first-order valence-electron chi connectivity index (χ1n) is 8.73. The van der Waals surface area contributed by atoms with Gasteiger partial charge < -0.3 is 19.8 Å². The van der Waals surface area contributed by atoms with Gasteiger partial charge in [-0.25, -0.2) is 4.79 Å². The molecule has 0 saturated heterocycles. The summed E-state index contributed by atoms with van der Waals surface area (Å²) in [4.78, 5) is 47.3. The molecule has 0 fully saturated rings. The lowest BCUT2D eigenvalue weighted by Crippen LogP contribution is -2.31. The second-order valence-corrected chi connectivity index (χ2v) is 6.17. The van der Waals surface area contributed by atoms with Crippen molar-refractivity contribution in [1.29, 1.82) is 0 Å².